The third kappa shape index (κ3) is 11.2. The van der Waals surface area contributed by atoms with Gasteiger partial charge in [0.25, 0.3) is 11.7 Å². The van der Waals surface area contributed by atoms with Gasteiger partial charge in [0.1, 0.15) is 35.4 Å². The number of aromatic hydroxyl groups is 1. The molecule has 0 unspecified atom stereocenters. The number of aliphatic hydroxyl groups is 2. The molecule has 1 aromatic carbocycles. The van der Waals surface area contributed by atoms with E-state index in [1.165, 1.54) is 39.4 Å². The number of Topliss-reactive ketones (excluding diaryl/α,β-unsaturated/α-hetero) is 2. The number of fused-ring (bicyclic) bond motifs is 13. The molecule has 8 rings (SSSR count). The minimum absolute atomic E-state index is 0.000362. The molecular formula is C53H74N6O13. The number of nitrogens with one attached hydrogen (secondary N) is 3. The number of likely N-dealkylation sites (tertiary alicyclic amines) is 1. The largest absolute Gasteiger partial charge is 0.507 e. The monoisotopic (exact) mass is 1000 g/mol. The number of phenols is 1. The number of amides is 2. The molecule has 1 aromatic rings. The van der Waals surface area contributed by atoms with Gasteiger partial charge in [-0.3, -0.25) is 33.9 Å². The third-order valence-electron chi connectivity index (χ3n) is 15.1. The number of benzene rings is 1. The minimum atomic E-state index is -2.03. The van der Waals surface area contributed by atoms with Crippen molar-refractivity contribution in [2.24, 2.45) is 34.6 Å². The Morgan fingerprint density at radius 2 is 1.62 bits per heavy atom. The second-order valence-corrected chi connectivity index (χ2v) is 20.9. The van der Waals surface area contributed by atoms with Gasteiger partial charge in [-0.25, -0.2) is 0 Å². The topological polar surface area (TPSA) is 247 Å². The van der Waals surface area contributed by atoms with Gasteiger partial charge in [-0.05, 0) is 25.8 Å². The number of piperidine rings is 1. The number of hydrogen-bond acceptors (Lipinski definition) is 17. The molecule has 7 aliphatic rings. The van der Waals surface area contributed by atoms with Gasteiger partial charge in [-0.2, -0.15) is 0 Å². The van der Waals surface area contributed by atoms with Crippen molar-refractivity contribution in [2.45, 2.75) is 117 Å². The molecule has 0 radical (unpaired) electrons. The zero-order chi connectivity index (χ0) is 52.4. The van der Waals surface area contributed by atoms with Crippen LogP contribution >= 0.6 is 0 Å². The number of ether oxygens (including phenoxy) is 5. The average Bonchev–Trinajstić information content (AvgIpc) is 3.85. The van der Waals surface area contributed by atoms with E-state index in [2.05, 4.69) is 39.6 Å². The zero-order valence-electron chi connectivity index (χ0n) is 43.3. The summed E-state index contributed by atoms with van der Waals surface area (Å²) in [5.74, 6) is -8.28. The van der Waals surface area contributed by atoms with Gasteiger partial charge in [0, 0.05) is 113 Å². The lowest BCUT2D eigenvalue weighted by molar-refractivity contribution is -0.164. The predicted molar refractivity (Wildman–Crippen MR) is 266 cm³/mol. The highest BCUT2D eigenvalue weighted by Crippen LogP contribution is 2.50. The summed E-state index contributed by atoms with van der Waals surface area (Å²) in [6, 6.07) is 0. The van der Waals surface area contributed by atoms with Crippen molar-refractivity contribution in [3.8, 4) is 11.5 Å². The Morgan fingerprint density at radius 3 is 2.29 bits per heavy atom. The first-order valence-electron chi connectivity index (χ1n) is 25.3. The van der Waals surface area contributed by atoms with E-state index in [1.54, 1.807) is 46.8 Å². The Kier molecular flexibility index (Phi) is 16.9. The van der Waals surface area contributed by atoms with Gasteiger partial charge >= 0.3 is 11.8 Å². The first-order chi connectivity index (χ1) is 34.1. The molecule has 6 heterocycles. The Hall–Kier alpha value is -5.44. The molecule has 2 fully saturated rings. The Labute approximate surface area is 422 Å². The number of phenolic OH excluding ortho intramolecular Hbond substituents is 1. The lowest BCUT2D eigenvalue weighted by atomic mass is 9.78. The van der Waals surface area contributed by atoms with Gasteiger partial charge in [-0.1, -0.05) is 59.8 Å². The Bertz CT molecular complexity index is 2430. The second-order valence-electron chi connectivity index (χ2n) is 20.9. The normalized spacial score (nSPS) is 31.9. The molecule has 9 atom stereocenters. The molecule has 6 aliphatic heterocycles. The summed E-state index contributed by atoms with van der Waals surface area (Å²) in [5, 5.41) is 44.5. The number of rotatable bonds is 9. The molecule has 72 heavy (non-hydrogen) atoms. The van der Waals surface area contributed by atoms with Crippen LogP contribution in [-0.4, -0.2) is 162 Å². The molecule has 394 valence electrons. The highest BCUT2D eigenvalue weighted by atomic mass is 16.7. The van der Waals surface area contributed by atoms with Gasteiger partial charge < -0.3 is 59.9 Å². The fourth-order valence-electron chi connectivity index (χ4n) is 10.6. The van der Waals surface area contributed by atoms with Crippen LogP contribution < -0.4 is 20.7 Å². The number of esters is 1. The molecule has 0 saturated carbocycles. The van der Waals surface area contributed by atoms with E-state index in [-0.39, 0.29) is 50.7 Å². The number of ketones is 2. The smallest absolute Gasteiger partial charge is 0.315 e. The van der Waals surface area contributed by atoms with E-state index >= 15 is 0 Å². The van der Waals surface area contributed by atoms with Crippen LogP contribution in [0.5, 0.6) is 11.5 Å². The van der Waals surface area contributed by atoms with E-state index in [0.29, 0.717) is 58.2 Å². The molecule has 0 aromatic heterocycles. The van der Waals surface area contributed by atoms with Crippen molar-refractivity contribution in [1.29, 1.82) is 0 Å². The summed E-state index contributed by atoms with van der Waals surface area (Å²) in [4.78, 5) is 80.1. The maximum Gasteiger partial charge on any atom is 0.315 e. The number of aliphatic imine (C=N–C) groups is 1. The highest BCUT2D eigenvalue weighted by Gasteiger charge is 2.54. The van der Waals surface area contributed by atoms with Gasteiger partial charge in [0.05, 0.1) is 60.3 Å². The first-order valence-corrected chi connectivity index (χ1v) is 25.3. The fraction of sp³-hybridized carbons (Fsp3) is 0.623. The Morgan fingerprint density at radius 1 is 0.931 bits per heavy atom. The van der Waals surface area contributed by atoms with Crippen LogP contribution in [0.4, 0.5) is 0 Å². The predicted octanol–water partition coefficient (Wildman–Crippen LogP) is 3.43. The standard InChI is InChI=1S/C53H74N6O13/c1-28(2)27-59-18-15-53(16-19-59)56-41-38-39-46(64)34(8)49-40(38)50(66)52(9,72-49)70-23-14-35(68-10)31(5)48(71-37(61)26-36(60)54-17-20-58-21-24-69-25-22-58)33(7)45(63)32(6)44(62)29(3)12-11-13-30(4)51(67)55-43(47(39)65)42(41)57-53/h11-14,23,28-29,31-33,35,44-45,48,57,62-64H,15-22,24-27H2,1-10H3,(H,54,60)(H,55,67)/b12-11+,23-14+,30-13-/t29-,31+,32+,33+,35-,44-,45+,48+,52-/m0/s1. The van der Waals surface area contributed by atoms with Crippen molar-refractivity contribution in [1.82, 2.24) is 25.8 Å². The number of carbonyl (C=O) groups is 5. The number of carbonyl (C=O) groups excluding carboxylic acids is 5. The molecular weight excluding hydrogens is 929 g/mol. The van der Waals surface area contributed by atoms with Gasteiger partial charge in [-0.15, -0.1) is 0 Å². The summed E-state index contributed by atoms with van der Waals surface area (Å²) in [7, 11) is 1.43. The minimum Gasteiger partial charge on any atom is -0.507 e. The van der Waals surface area contributed by atoms with Crippen molar-refractivity contribution in [3.63, 3.8) is 0 Å². The van der Waals surface area contributed by atoms with Crippen molar-refractivity contribution < 1.29 is 63.0 Å². The number of methoxy groups -OCH3 is 1. The molecule has 1 aliphatic carbocycles. The number of aliphatic hydroxyl groups excluding tert-OH is 2. The third-order valence-corrected chi connectivity index (χ3v) is 15.1. The first kappa shape index (κ1) is 54.3. The highest BCUT2D eigenvalue weighted by molar-refractivity contribution is 6.34. The Balaban J connectivity index is 1.24. The van der Waals surface area contributed by atoms with E-state index in [4.69, 9.17) is 28.7 Å². The van der Waals surface area contributed by atoms with E-state index in [9.17, 15) is 39.3 Å². The van der Waals surface area contributed by atoms with Crippen molar-refractivity contribution in [2.75, 3.05) is 66.1 Å². The van der Waals surface area contributed by atoms with Crippen LogP contribution in [0, 0.1) is 36.5 Å². The van der Waals surface area contributed by atoms with E-state index in [1.807, 2.05) is 0 Å². The van der Waals surface area contributed by atoms with Gasteiger partial charge in [0.2, 0.25) is 11.7 Å². The summed E-state index contributed by atoms with van der Waals surface area (Å²) in [5.41, 5.74) is -0.419. The fourth-order valence-corrected chi connectivity index (χ4v) is 10.6. The summed E-state index contributed by atoms with van der Waals surface area (Å²) in [6.07, 6.45) is 3.76. The maximum absolute atomic E-state index is 14.9. The van der Waals surface area contributed by atoms with Gasteiger partial charge in [0.15, 0.2) is 0 Å². The number of allylic oxidation sites excluding steroid dienone is 4. The average molecular weight is 1000 g/mol. The molecule has 6 N–H and O–H groups in total. The molecule has 2 amide bonds. The van der Waals surface area contributed by atoms with Crippen LogP contribution in [0.3, 0.4) is 0 Å². The molecule has 19 nitrogen and oxygen atoms in total. The maximum atomic E-state index is 14.9. The van der Waals surface area contributed by atoms with Crippen molar-refractivity contribution >= 4 is 35.1 Å². The van der Waals surface area contributed by atoms with E-state index < -0.39 is 101 Å². The number of nitrogens with zero attached hydrogens (tertiary/aromatic N) is 3. The summed E-state index contributed by atoms with van der Waals surface area (Å²) in [6.45, 7) is 21.6. The second kappa shape index (κ2) is 22.4. The summed E-state index contributed by atoms with van der Waals surface area (Å²) < 4.78 is 29.9. The van der Waals surface area contributed by atoms with Crippen LogP contribution in [0.15, 0.2) is 52.5 Å². The molecule has 5 bridgehead atoms. The van der Waals surface area contributed by atoms with Crippen LogP contribution in [0.2, 0.25) is 0 Å². The van der Waals surface area contributed by atoms with Crippen LogP contribution in [0.1, 0.15) is 106 Å². The van der Waals surface area contributed by atoms with Crippen LogP contribution in [0.25, 0.3) is 0 Å². The molecule has 2 saturated heterocycles. The SMILES string of the molecule is CO[C@H]1/C=C/O[C@@]2(C)Oc3c(C)c(O)c4c(c3C2=O)C2=NC3(CCN(CC(C)C)CC3)NC2=C(NC(=O)/C(C)=C\C=C\[C@H](C)[C@H](O)[C@@H](C)[C@@H](O)[C@@H](C)[C@H](OC(=O)CC(=O)NCCN2CCOCC2)[C@@H]1C)C4=O. The van der Waals surface area contributed by atoms with Crippen LogP contribution in [-0.2, 0) is 33.3 Å². The number of hydrogen-bond donors (Lipinski definition) is 6. The number of morpholine rings is 1. The molecule has 19 heteroatoms. The lowest BCUT2D eigenvalue weighted by Crippen LogP contribution is -2.50. The lowest BCUT2D eigenvalue weighted by Gasteiger charge is -2.38. The summed E-state index contributed by atoms with van der Waals surface area (Å²) >= 11 is 0. The van der Waals surface area contributed by atoms with E-state index in [0.717, 1.165) is 19.6 Å². The van der Waals surface area contributed by atoms with Crippen molar-refractivity contribution in [3.05, 3.63) is 69.8 Å². The quantitative estimate of drug-likeness (QED) is 0.153. The zero-order valence-corrected chi connectivity index (χ0v) is 43.3. The molecule has 1 spiro atoms.